The summed E-state index contributed by atoms with van der Waals surface area (Å²) < 4.78 is 31.3. The summed E-state index contributed by atoms with van der Waals surface area (Å²) in [5, 5.41) is 0.275. The maximum absolute atomic E-state index is 13.3. The number of rotatable bonds is 5. The number of hydrogen-bond acceptors (Lipinski definition) is 4. The second-order valence-corrected chi connectivity index (χ2v) is 9.04. The molecule has 1 aliphatic rings. The van der Waals surface area contributed by atoms with Crippen molar-refractivity contribution in [2.24, 2.45) is 0 Å². The van der Waals surface area contributed by atoms with Crippen molar-refractivity contribution in [3.63, 3.8) is 0 Å². The van der Waals surface area contributed by atoms with Gasteiger partial charge < -0.3 is 9.64 Å². The van der Waals surface area contributed by atoms with Crippen LogP contribution in [0.1, 0.15) is 18.9 Å². The third-order valence-electron chi connectivity index (χ3n) is 4.83. The van der Waals surface area contributed by atoms with Gasteiger partial charge in [0, 0.05) is 12.2 Å². The molecule has 0 unspecified atom stereocenters. The monoisotopic (exact) mass is 422 g/mol. The highest BCUT2D eigenvalue weighted by Crippen LogP contribution is 2.33. The Morgan fingerprint density at radius 1 is 1.25 bits per heavy atom. The van der Waals surface area contributed by atoms with Crippen LogP contribution in [0.15, 0.2) is 42.5 Å². The molecular weight excluding hydrogens is 400 g/mol. The Balaban J connectivity index is 1.98. The molecule has 0 spiro atoms. The van der Waals surface area contributed by atoms with Crippen LogP contribution in [-0.4, -0.2) is 40.3 Å². The molecule has 0 aromatic heterocycles. The van der Waals surface area contributed by atoms with E-state index in [0.29, 0.717) is 18.0 Å². The van der Waals surface area contributed by atoms with Crippen molar-refractivity contribution >= 4 is 38.9 Å². The molecule has 2 aromatic rings. The maximum Gasteiger partial charge on any atom is 0.250 e. The number of halogens is 1. The molecule has 0 fully saturated rings. The Morgan fingerprint density at radius 2 is 1.96 bits per heavy atom. The highest BCUT2D eigenvalue weighted by Gasteiger charge is 2.34. The lowest BCUT2D eigenvalue weighted by Crippen LogP contribution is -2.50. The molecule has 1 aliphatic heterocycles. The van der Waals surface area contributed by atoms with E-state index in [2.05, 4.69) is 0 Å². The number of para-hydroxylation sites is 1. The van der Waals surface area contributed by atoms with E-state index in [9.17, 15) is 13.2 Å². The van der Waals surface area contributed by atoms with Crippen LogP contribution in [0.3, 0.4) is 0 Å². The zero-order valence-electron chi connectivity index (χ0n) is 16.1. The zero-order chi connectivity index (χ0) is 20.5. The molecule has 150 valence electrons. The fraction of sp³-hybridized carbons (Fsp3) is 0.350. The molecule has 8 heteroatoms. The number of methoxy groups -OCH3 is 1. The predicted molar refractivity (Wildman–Crippen MR) is 112 cm³/mol. The minimum absolute atomic E-state index is 0.274. The lowest BCUT2D eigenvalue weighted by molar-refractivity contribution is -0.119. The molecule has 0 bridgehead atoms. The van der Waals surface area contributed by atoms with Gasteiger partial charge >= 0.3 is 0 Å². The smallest absolute Gasteiger partial charge is 0.250 e. The molecule has 0 saturated heterocycles. The van der Waals surface area contributed by atoms with E-state index in [1.807, 2.05) is 24.3 Å². The summed E-state index contributed by atoms with van der Waals surface area (Å²) in [5.41, 5.74) is 2.25. The van der Waals surface area contributed by atoms with E-state index < -0.39 is 16.1 Å². The molecule has 0 radical (unpaired) electrons. The van der Waals surface area contributed by atoms with Gasteiger partial charge in [-0.3, -0.25) is 9.10 Å². The lowest BCUT2D eigenvalue weighted by Gasteiger charge is -2.35. The van der Waals surface area contributed by atoms with E-state index in [1.165, 1.54) is 13.2 Å². The maximum atomic E-state index is 13.3. The van der Waals surface area contributed by atoms with Gasteiger partial charge in [0.1, 0.15) is 11.8 Å². The molecular formula is C20H23ClN2O4S. The number of aryl methyl sites for hydroxylation is 1. The van der Waals surface area contributed by atoms with Gasteiger partial charge in [0.15, 0.2) is 0 Å². The van der Waals surface area contributed by atoms with Gasteiger partial charge in [0.25, 0.3) is 5.91 Å². The highest BCUT2D eigenvalue weighted by atomic mass is 35.5. The minimum Gasteiger partial charge on any atom is -0.495 e. The van der Waals surface area contributed by atoms with Crippen LogP contribution >= 0.6 is 11.6 Å². The summed E-state index contributed by atoms with van der Waals surface area (Å²) in [4.78, 5) is 15.0. The number of sulfonamides is 1. The van der Waals surface area contributed by atoms with E-state index >= 15 is 0 Å². The topological polar surface area (TPSA) is 66.9 Å². The second-order valence-electron chi connectivity index (χ2n) is 6.78. The van der Waals surface area contributed by atoms with Gasteiger partial charge in [-0.2, -0.15) is 0 Å². The third kappa shape index (κ3) is 3.95. The number of fused-ring (bicyclic) bond motifs is 1. The Bertz CT molecular complexity index is 993. The van der Waals surface area contributed by atoms with Crippen LogP contribution in [0, 0.1) is 0 Å². The normalized spacial score (nSPS) is 14.9. The van der Waals surface area contributed by atoms with E-state index in [-0.39, 0.29) is 10.9 Å². The summed E-state index contributed by atoms with van der Waals surface area (Å²) in [5.74, 6) is 0.160. The average molecular weight is 423 g/mol. The van der Waals surface area contributed by atoms with E-state index in [4.69, 9.17) is 16.3 Å². The Kier molecular flexibility index (Phi) is 5.86. The molecule has 0 aliphatic carbocycles. The van der Waals surface area contributed by atoms with Gasteiger partial charge in [-0.05, 0) is 49.6 Å². The molecule has 28 heavy (non-hydrogen) atoms. The lowest BCUT2D eigenvalue weighted by atomic mass is 10.0. The van der Waals surface area contributed by atoms with Crippen LogP contribution < -0.4 is 13.9 Å². The molecule has 1 amide bonds. The van der Waals surface area contributed by atoms with Gasteiger partial charge in [-0.25, -0.2) is 8.42 Å². The number of anilines is 2. The van der Waals surface area contributed by atoms with Crippen LogP contribution in [-0.2, 0) is 21.2 Å². The Morgan fingerprint density at radius 3 is 2.61 bits per heavy atom. The van der Waals surface area contributed by atoms with Crippen LogP contribution in [0.4, 0.5) is 11.4 Å². The number of carbonyl (C=O) groups excluding carboxylic acids is 1. The quantitative estimate of drug-likeness (QED) is 0.739. The molecule has 0 saturated carbocycles. The Labute approximate surface area is 170 Å². The van der Waals surface area contributed by atoms with Crippen molar-refractivity contribution in [1.82, 2.24) is 0 Å². The SMILES string of the molecule is COc1ccc(N([C@@H](C)C(=O)N2CCCc3ccccc32)S(C)(=O)=O)cc1Cl. The number of ether oxygens (including phenoxy) is 1. The first kappa shape index (κ1) is 20.5. The Hall–Kier alpha value is -2.25. The number of amides is 1. The summed E-state index contributed by atoms with van der Waals surface area (Å²) in [6, 6.07) is 11.5. The average Bonchev–Trinajstić information content (AvgIpc) is 2.66. The van der Waals surface area contributed by atoms with Crippen LogP contribution in [0.25, 0.3) is 0 Å². The molecule has 0 N–H and O–H groups in total. The van der Waals surface area contributed by atoms with Crippen molar-refractivity contribution in [2.75, 3.05) is 29.1 Å². The van der Waals surface area contributed by atoms with Gasteiger partial charge in [-0.1, -0.05) is 29.8 Å². The first-order valence-electron chi connectivity index (χ1n) is 8.96. The fourth-order valence-electron chi connectivity index (χ4n) is 3.58. The predicted octanol–water partition coefficient (Wildman–Crippen LogP) is 3.48. The first-order valence-corrected chi connectivity index (χ1v) is 11.2. The second kappa shape index (κ2) is 8.01. The number of hydrogen-bond donors (Lipinski definition) is 0. The van der Waals surface area contributed by atoms with Crippen molar-refractivity contribution in [3.05, 3.63) is 53.1 Å². The van der Waals surface area contributed by atoms with Crippen molar-refractivity contribution in [1.29, 1.82) is 0 Å². The van der Waals surface area contributed by atoms with Gasteiger partial charge in [-0.15, -0.1) is 0 Å². The summed E-state index contributed by atoms with van der Waals surface area (Å²) >= 11 is 6.18. The standard InChI is InChI=1S/C20H23ClN2O4S/c1-14(20(24)22-12-6-8-15-7-4-5-9-18(15)22)23(28(3,25)26)16-10-11-19(27-2)17(21)13-16/h4-5,7,9-11,13-14H,6,8,12H2,1-3H3/t14-/m0/s1. The molecule has 1 atom stereocenters. The third-order valence-corrected chi connectivity index (χ3v) is 6.37. The summed E-state index contributed by atoms with van der Waals surface area (Å²) in [6.45, 7) is 2.15. The van der Waals surface area contributed by atoms with Crippen molar-refractivity contribution in [2.45, 2.75) is 25.8 Å². The van der Waals surface area contributed by atoms with E-state index in [1.54, 1.807) is 24.0 Å². The van der Waals surface area contributed by atoms with Gasteiger partial charge in [0.05, 0.1) is 24.1 Å². The number of carbonyl (C=O) groups is 1. The first-order chi connectivity index (χ1) is 13.2. The van der Waals surface area contributed by atoms with Crippen molar-refractivity contribution in [3.8, 4) is 5.75 Å². The largest absolute Gasteiger partial charge is 0.495 e. The van der Waals surface area contributed by atoms with Gasteiger partial charge in [0.2, 0.25) is 10.0 Å². The van der Waals surface area contributed by atoms with Crippen molar-refractivity contribution < 1.29 is 17.9 Å². The number of benzene rings is 2. The minimum atomic E-state index is -3.73. The fourth-order valence-corrected chi connectivity index (χ4v) is 5.00. The molecule has 2 aromatic carbocycles. The molecule has 6 nitrogen and oxygen atoms in total. The summed E-state index contributed by atoms with van der Waals surface area (Å²) in [7, 11) is -2.25. The number of nitrogens with zero attached hydrogens (tertiary/aromatic N) is 2. The van der Waals surface area contributed by atoms with Crippen LogP contribution in [0.2, 0.25) is 5.02 Å². The van der Waals surface area contributed by atoms with E-state index in [0.717, 1.165) is 34.7 Å². The highest BCUT2D eigenvalue weighted by molar-refractivity contribution is 7.92. The molecule has 3 rings (SSSR count). The summed E-state index contributed by atoms with van der Waals surface area (Å²) in [6.07, 6.45) is 2.82. The van der Waals surface area contributed by atoms with Crippen LogP contribution in [0.5, 0.6) is 5.75 Å². The molecule has 1 heterocycles. The zero-order valence-corrected chi connectivity index (χ0v) is 17.6.